The number of ether oxygens (including phenoxy) is 1. The first kappa shape index (κ1) is 16.4. The molecular weight excluding hydrogens is 244 g/mol. The fourth-order valence-electron chi connectivity index (χ4n) is 1.04. The summed E-state index contributed by atoms with van der Waals surface area (Å²) in [4.78, 5) is 11.6. The summed E-state index contributed by atoms with van der Waals surface area (Å²) in [5.41, 5.74) is -0.799. The number of carbonyl (C=O) groups excluding carboxylic acids is 1. The summed E-state index contributed by atoms with van der Waals surface area (Å²) >= 11 is 0. The van der Waals surface area contributed by atoms with Crippen molar-refractivity contribution in [3.8, 4) is 0 Å². The van der Waals surface area contributed by atoms with Crippen molar-refractivity contribution in [2.45, 2.75) is 46.1 Å². The van der Waals surface area contributed by atoms with Crippen LogP contribution in [-0.2, 0) is 23.8 Å². The molecule has 17 heavy (non-hydrogen) atoms. The minimum atomic E-state index is -3.51. The maximum atomic E-state index is 11.6. The van der Waals surface area contributed by atoms with Crippen LogP contribution in [0.2, 0.25) is 0 Å². The highest BCUT2D eigenvalue weighted by Gasteiger charge is 2.27. The molecule has 0 N–H and O–H groups in total. The van der Waals surface area contributed by atoms with Crippen LogP contribution in [0.1, 0.15) is 40.5 Å². The van der Waals surface area contributed by atoms with Crippen LogP contribution < -0.4 is 0 Å². The molecule has 0 aromatic rings. The van der Waals surface area contributed by atoms with Gasteiger partial charge in [-0.15, -0.1) is 0 Å². The van der Waals surface area contributed by atoms with Crippen molar-refractivity contribution in [1.29, 1.82) is 0 Å². The van der Waals surface area contributed by atoms with Crippen LogP contribution in [0.4, 0.5) is 0 Å². The summed E-state index contributed by atoms with van der Waals surface area (Å²) < 4.78 is 31.9. The molecule has 1 atom stereocenters. The molecule has 6 heteroatoms. The van der Waals surface area contributed by atoms with Crippen molar-refractivity contribution >= 4 is 16.1 Å². The Bertz CT molecular complexity index is 345. The Hall–Kier alpha value is -0.620. The Morgan fingerprint density at radius 2 is 1.88 bits per heavy atom. The molecule has 1 unspecified atom stereocenters. The van der Waals surface area contributed by atoms with Gasteiger partial charge < -0.3 is 4.74 Å². The van der Waals surface area contributed by atoms with Gasteiger partial charge in [0.15, 0.2) is 0 Å². The van der Waals surface area contributed by atoms with E-state index in [9.17, 15) is 13.2 Å². The van der Waals surface area contributed by atoms with Gasteiger partial charge in [0, 0.05) is 6.42 Å². The number of esters is 1. The molecule has 0 rings (SSSR count). The third-order valence-electron chi connectivity index (χ3n) is 2.60. The van der Waals surface area contributed by atoms with Gasteiger partial charge in [0.2, 0.25) is 0 Å². The van der Waals surface area contributed by atoms with E-state index in [1.54, 1.807) is 20.8 Å². The molecule has 102 valence electrons. The van der Waals surface area contributed by atoms with Crippen molar-refractivity contribution in [2.75, 3.05) is 12.9 Å². The van der Waals surface area contributed by atoms with E-state index in [-0.39, 0.29) is 24.1 Å². The van der Waals surface area contributed by atoms with Crippen LogP contribution in [0.3, 0.4) is 0 Å². The van der Waals surface area contributed by atoms with Gasteiger partial charge >= 0.3 is 5.97 Å². The zero-order valence-electron chi connectivity index (χ0n) is 11.1. The lowest BCUT2D eigenvalue weighted by Crippen LogP contribution is -2.33. The minimum Gasteiger partial charge on any atom is -0.459 e. The van der Waals surface area contributed by atoms with E-state index in [4.69, 9.17) is 4.74 Å². The topological polar surface area (TPSA) is 69.7 Å². The first-order valence-electron chi connectivity index (χ1n) is 5.64. The van der Waals surface area contributed by atoms with Crippen LogP contribution in [-0.4, -0.2) is 32.9 Å². The summed E-state index contributed by atoms with van der Waals surface area (Å²) in [5.74, 6) is -0.634. The van der Waals surface area contributed by atoms with Crippen LogP contribution in [0.15, 0.2) is 0 Å². The average molecular weight is 266 g/mol. The van der Waals surface area contributed by atoms with Gasteiger partial charge in [-0.1, -0.05) is 13.8 Å². The van der Waals surface area contributed by atoms with E-state index in [0.717, 1.165) is 7.11 Å². The average Bonchev–Trinajstić information content (AvgIpc) is 2.25. The van der Waals surface area contributed by atoms with E-state index in [1.807, 2.05) is 6.92 Å². The lowest BCUT2D eigenvalue weighted by atomic mass is 10.1. The van der Waals surface area contributed by atoms with E-state index >= 15 is 0 Å². The van der Waals surface area contributed by atoms with Gasteiger partial charge in [-0.3, -0.25) is 8.98 Å². The Kier molecular flexibility index (Phi) is 6.12. The van der Waals surface area contributed by atoms with Crippen LogP contribution in [0.25, 0.3) is 0 Å². The maximum Gasteiger partial charge on any atom is 0.309 e. The third kappa shape index (κ3) is 6.63. The summed E-state index contributed by atoms with van der Waals surface area (Å²) in [5, 5.41) is 0. The zero-order chi connectivity index (χ0) is 13.7. The molecular formula is C11H22O5S. The number of hydrogen-bond donors (Lipinski definition) is 0. The highest BCUT2D eigenvalue weighted by atomic mass is 32.2. The second-order valence-corrected chi connectivity index (χ2v) is 6.53. The van der Waals surface area contributed by atoms with Gasteiger partial charge in [0.1, 0.15) is 5.60 Å². The van der Waals surface area contributed by atoms with Gasteiger partial charge in [-0.05, 0) is 20.3 Å². The number of carbonyl (C=O) groups is 1. The van der Waals surface area contributed by atoms with Crippen molar-refractivity contribution in [1.82, 2.24) is 0 Å². The van der Waals surface area contributed by atoms with Gasteiger partial charge in [-0.25, -0.2) is 0 Å². The summed E-state index contributed by atoms with van der Waals surface area (Å²) in [6, 6.07) is 0. The molecule has 0 aliphatic carbocycles. The normalized spacial score (nSPS) is 14.4. The molecule has 0 aromatic carbocycles. The fraction of sp³-hybridized carbons (Fsp3) is 0.909. The van der Waals surface area contributed by atoms with E-state index in [0.29, 0.717) is 6.42 Å². The first-order chi connectivity index (χ1) is 7.63. The molecule has 0 bridgehead atoms. The largest absolute Gasteiger partial charge is 0.459 e. The Morgan fingerprint density at radius 1 is 1.35 bits per heavy atom. The zero-order valence-corrected chi connectivity index (χ0v) is 12.0. The molecule has 0 fully saturated rings. The van der Waals surface area contributed by atoms with Crippen molar-refractivity contribution < 1.29 is 22.1 Å². The summed E-state index contributed by atoms with van der Waals surface area (Å²) in [7, 11) is -2.39. The molecule has 0 radical (unpaired) electrons. The highest BCUT2D eigenvalue weighted by molar-refractivity contribution is 7.86. The number of rotatable bonds is 7. The van der Waals surface area contributed by atoms with Crippen LogP contribution >= 0.6 is 0 Å². The van der Waals surface area contributed by atoms with Crippen molar-refractivity contribution in [2.24, 2.45) is 5.92 Å². The summed E-state index contributed by atoms with van der Waals surface area (Å²) in [6.07, 6.45) is 0.913. The Morgan fingerprint density at radius 3 is 2.29 bits per heavy atom. The predicted octanol–water partition coefficient (Wildman–Crippen LogP) is 1.72. The Labute approximate surface area is 104 Å². The second kappa shape index (κ2) is 6.35. The lowest BCUT2D eigenvalue weighted by molar-refractivity contribution is -0.161. The quantitative estimate of drug-likeness (QED) is 0.518. The third-order valence-corrected chi connectivity index (χ3v) is 3.81. The SMILES string of the molecule is CCC(C)C(=O)OC(C)(C)CCS(=O)(=O)OC. The van der Waals surface area contributed by atoms with Crippen molar-refractivity contribution in [3.63, 3.8) is 0 Å². The molecule has 0 saturated heterocycles. The van der Waals surface area contributed by atoms with Crippen molar-refractivity contribution in [3.05, 3.63) is 0 Å². The molecule has 0 aromatic heterocycles. The maximum absolute atomic E-state index is 11.6. The molecule has 0 heterocycles. The standard InChI is InChI=1S/C11H22O5S/c1-6-9(2)10(12)16-11(3,4)7-8-17(13,14)15-5/h9H,6-8H2,1-5H3. The van der Waals surface area contributed by atoms with E-state index < -0.39 is 15.7 Å². The Balaban J connectivity index is 4.35. The molecule has 0 amide bonds. The molecule has 0 aliphatic rings. The van der Waals surface area contributed by atoms with Crippen LogP contribution in [0.5, 0.6) is 0 Å². The minimum absolute atomic E-state index is 0.162. The monoisotopic (exact) mass is 266 g/mol. The molecule has 0 aliphatic heterocycles. The molecule has 5 nitrogen and oxygen atoms in total. The summed E-state index contributed by atoms with van der Waals surface area (Å²) in [6.45, 7) is 7.07. The van der Waals surface area contributed by atoms with Crippen LogP contribution in [0, 0.1) is 5.92 Å². The predicted molar refractivity (Wildman–Crippen MR) is 65.0 cm³/mol. The number of hydrogen-bond acceptors (Lipinski definition) is 5. The molecule has 0 spiro atoms. The van der Waals surface area contributed by atoms with E-state index in [1.165, 1.54) is 0 Å². The molecule has 0 saturated carbocycles. The lowest BCUT2D eigenvalue weighted by Gasteiger charge is -2.26. The second-order valence-electron chi connectivity index (χ2n) is 4.67. The smallest absolute Gasteiger partial charge is 0.309 e. The fourth-order valence-corrected chi connectivity index (χ4v) is 1.95. The van der Waals surface area contributed by atoms with E-state index in [2.05, 4.69) is 4.18 Å². The van der Waals surface area contributed by atoms with Gasteiger partial charge in [0.25, 0.3) is 10.1 Å². The van der Waals surface area contributed by atoms with Gasteiger partial charge in [-0.2, -0.15) is 8.42 Å². The highest BCUT2D eigenvalue weighted by Crippen LogP contribution is 2.19. The first-order valence-corrected chi connectivity index (χ1v) is 7.22. The van der Waals surface area contributed by atoms with Gasteiger partial charge in [0.05, 0.1) is 18.8 Å².